The minimum atomic E-state index is -0.719. The number of nitrogens with zero attached hydrogens (tertiary/aromatic N) is 3. The molecule has 1 saturated carbocycles. The zero-order valence-electron chi connectivity index (χ0n) is 12.1. The first-order valence-corrected chi connectivity index (χ1v) is 7.15. The molecular formula is C14H14N4O5. The van der Waals surface area contributed by atoms with Crippen LogP contribution in [-0.2, 0) is 6.54 Å². The van der Waals surface area contributed by atoms with Crippen LogP contribution in [0.5, 0.6) is 0 Å². The molecule has 120 valence electrons. The third-order valence-electron chi connectivity index (χ3n) is 3.49. The first kappa shape index (κ1) is 14.9. The zero-order chi connectivity index (χ0) is 16.4. The monoisotopic (exact) mass is 318 g/mol. The Morgan fingerprint density at radius 1 is 1.39 bits per heavy atom. The van der Waals surface area contributed by atoms with E-state index in [1.54, 1.807) is 6.07 Å². The quantitative estimate of drug-likeness (QED) is 0.628. The number of carbonyl (C=O) groups is 1. The van der Waals surface area contributed by atoms with Gasteiger partial charge in [-0.2, -0.15) is 5.10 Å². The standard InChI is InChI=1S/C14H14N4O5/c19-12-5-3-10(9-1-2-9)16-17(12)8-7-15-14(20)11-4-6-13(23-11)18(21)22/h3-6,9H,1-2,7-8H2,(H,15,20). The highest BCUT2D eigenvalue weighted by atomic mass is 16.6. The Hall–Kier alpha value is -2.97. The number of amides is 1. The molecule has 9 heteroatoms. The van der Waals surface area contributed by atoms with Crippen molar-refractivity contribution in [2.75, 3.05) is 6.54 Å². The molecule has 1 aliphatic rings. The summed E-state index contributed by atoms with van der Waals surface area (Å²) in [4.78, 5) is 33.3. The van der Waals surface area contributed by atoms with E-state index in [2.05, 4.69) is 10.4 Å². The van der Waals surface area contributed by atoms with Gasteiger partial charge in [-0.3, -0.25) is 19.7 Å². The minimum absolute atomic E-state index is 0.149. The summed E-state index contributed by atoms with van der Waals surface area (Å²) in [6.07, 6.45) is 2.17. The molecule has 23 heavy (non-hydrogen) atoms. The predicted octanol–water partition coefficient (Wildman–Crippen LogP) is 1.05. The molecule has 0 saturated heterocycles. The Bertz CT molecular complexity index is 805. The molecular weight excluding hydrogens is 304 g/mol. The van der Waals surface area contributed by atoms with Crippen LogP contribution in [0.4, 0.5) is 5.88 Å². The van der Waals surface area contributed by atoms with Crippen molar-refractivity contribution in [3.8, 4) is 0 Å². The molecule has 2 aromatic heterocycles. The lowest BCUT2D eigenvalue weighted by molar-refractivity contribution is -0.402. The normalized spacial score (nSPS) is 13.7. The Labute approximate surface area is 130 Å². The van der Waals surface area contributed by atoms with E-state index in [4.69, 9.17) is 4.42 Å². The number of hydrogen-bond donors (Lipinski definition) is 1. The van der Waals surface area contributed by atoms with Crippen LogP contribution < -0.4 is 10.9 Å². The molecule has 1 N–H and O–H groups in total. The van der Waals surface area contributed by atoms with Crippen molar-refractivity contribution >= 4 is 11.8 Å². The van der Waals surface area contributed by atoms with Gasteiger partial charge in [-0.1, -0.05) is 0 Å². The van der Waals surface area contributed by atoms with Gasteiger partial charge in [-0.05, 0) is 25.0 Å². The van der Waals surface area contributed by atoms with E-state index in [-0.39, 0.29) is 24.4 Å². The molecule has 2 aromatic rings. The molecule has 0 bridgehead atoms. The summed E-state index contributed by atoms with van der Waals surface area (Å²) in [6, 6.07) is 5.54. The van der Waals surface area contributed by atoms with Crippen LogP contribution in [0.1, 0.15) is 35.0 Å². The largest absolute Gasteiger partial charge is 0.433 e. The van der Waals surface area contributed by atoms with Gasteiger partial charge in [0, 0.05) is 18.5 Å². The van der Waals surface area contributed by atoms with Crippen molar-refractivity contribution < 1.29 is 14.1 Å². The molecule has 9 nitrogen and oxygen atoms in total. The lowest BCUT2D eigenvalue weighted by atomic mass is 10.3. The fourth-order valence-corrected chi connectivity index (χ4v) is 2.13. The molecule has 1 amide bonds. The molecule has 1 aliphatic carbocycles. The Balaban J connectivity index is 1.58. The van der Waals surface area contributed by atoms with Gasteiger partial charge in [-0.15, -0.1) is 0 Å². The van der Waals surface area contributed by atoms with Gasteiger partial charge in [0.1, 0.15) is 4.92 Å². The zero-order valence-corrected chi connectivity index (χ0v) is 12.1. The second kappa shape index (κ2) is 6.03. The molecule has 0 atom stereocenters. The molecule has 0 aliphatic heterocycles. The van der Waals surface area contributed by atoms with Gasteiger partial charge in [-0.25, -0.2) is 4.68 Å². The summed E-state index contributed by atoms with van der Waals surface area (Å²) in [6.45, 7) is 0.377. The molecule has 0 spiro atoms. The fourth-order valence-electron chi connectivity index (χ4n) is 2.13. The van der Waals surface area contributed by atoms with Crippen molar-refractivity contribution in [3.63, 3.8) is 0 Å². The maximum Gasteiger partial charge on any atom is 0.433 e. The SMILES string of the molecule is O=C(NCCn1nc(C2CC2)ccc1=O)c1ccc([N+](=O)[O-])o1. The van der Waals surface area contributed by atoms with Crippen LogP contribution in [0.2, 0.25) is 0 Å². The first-order chi connectivity index (χ1) is 11.0. The summed E-state index contributed by atoms with van der Waals surface area (Å²) < 4.78 is 6.10. The van der Waals surface area contributed by atoms with Crippen LogP contribution >= 0.6 is 0 Å². The Kier molecular flexibility index (Phi) is 3.92. The summed E-state index contributed by atoms with van der Waals surface area (Å²) in [7, 11) is 0. The minimum Gasteiger partial charge on any atom is -0.395 e. The Morgan fingerprint density at radius 2 is 2.17 bits per heavy atom. The van der Waals surface area contributed by atoms with Crippen molar-refractivity contribution in [2.24, 2.45) is 0 Å². The van der Waals surface area contributed by atoms with E-state index in [0.717, 1.165) is 24.6 Å². The average molecular weight is 318 g/mol. The van der Waals surface area contributed by atoms with Crippen molar-refractivity contribution in [1.82, 2.24) is 15.1 Å². The summed E-state index contributed by atoms with van der Waals surface area (Å²) in [5, 5.41) is 17.3. The van der Waals surface area contributed by atoms with E-state index in [1.165, 1.54) is 16.8 Å². The molecule has 1 fully saturated rings. The van der Waals surface area contributed by atoms with E-state index < -0.39 is 16.7 Å². The summed E-state index contributed by atoms with van der Waals surface area (Å²) in [5.74, 6) is -0.793. The third kappa shape index (κ3) is 3.44. The highest BCUT2D eigenvalue weighted by molar-refractivity contribution is 5.91. The van der Waals surface area contributed by atoms with Crippen molar-refractivity contribution in [3.05, 3.63) is 56.2 Å². The third-order valence-corrected chi connectivity index (χ3v) is 3.49. The molecule has 0 unspecified atom stereocenters. The average Bonchev–Trinajstić information content (AvgIpc) is 3.24. The second-order valence-corrected chi connectivity index (χ2v) is 5.24. The lowest BCUT2D eigenvalue weighted by Gasteiger charge is -2.07. The van der Waals surface area contributed by atoms with Crippen molar-refractivity contribution in [2.45, 2.75) is 25.3 Å². The van der Waals surface area contributed by atoms with Gasteiger partial charge in [0.25, 0.3) is 11.5 Å². The second-order valence-electron chi connectivity index (χ2n) is 5.24. The van der Waals surface area contributed by atoms with E-state index in [1.807, 2.05) is 0 Å². The van der Waals surface area contributed by atoms with Crippen LogP contribution in [-0.4, -0.2) is 27.2 Å². The Morgan fingerprint density at radius 3 is 2.83 bits per heavy atom. The van der Waals surface area contributed by atoms with Crippen LogP contribution in [0.15, 0.2) is 33.5 Å². The van der Waals surface area contributed by atoms with Crippen LogP contribution in [0, 0.1) is 10.1 Å². The lowest BCUT2D eigenvalue weighted by Crippen LogP contribution is -2.32. The van der Waals surface area contributed by atoms with Gasteiger partial charge < -0.3 is 9.73 Å². The van der Waals surface area contributed by atoms with Crippen LogP contribution in [0.3, 0.4) is 0 Å². The predicted molar refractivity (Wildman–Crippen MR) is 78.2 cm³/mol. The highest BCUT2D eigenvalue weighted by Crippen LogP contribution is 2.38. The summed E-state index contributed by atoms with van der Waals surface area (Å²) in [5.41, 5.74) is 0.648. The maximum absolute atomic E-state index is 11.8. The van der Waals surface area contributed by atoms with Crippen molar-refractivity contribution in [1.29, 1.82) is 0 Å². The summed E-state index contributed by atoms with van der Waals surface area (Å²) >= 11 is 0. The first-order valence-electron chi connectivity index (χ1n) is 7.15. The number of carbonyl (C=O) groups excluding carboxylic acids is 1. The number of nitro groups is 1. The molecule has 3 rings (SSSR count). The van der Waals surface area contributed by atoms with Gasteiger partial charge >= 0.3 is 5.88 Å². The van der Waals surface area contributed by atoms with E-state index >= 15 is 0 Å². The van der Waals surface area contributed by atoms with E-state index in [9.17, 15) is 19.7 Å². The van der Waals surface area contributed by atoms with Crippen LogP contribution in [0.25, 0.3) is 0 Å². The molecule has 0 aromatic carbocycles. The smallest absolute Gasteiger partial charge is 0.395 e. The molecule has 2 heterocycles. The number of furan rings is 1. The molecule has 0 radical (unpaired) electrons. The number of aromatic nitrogens is 2. The highest BCUT2D eigenvalue weighted by Gasteiger charge is 2.25. The maximum atomic E-state index is 11.8. The fraction of sp³-hybridized carbons (Fsp3) is 0.357. The number of rotatable bonds is 6. The van der Waals surface area contributed by atoms with Gasteiger partial charge in [0.05, 0.1) is 18.3 Å². The topological polar surface area (TPSA) is 120 Å². The van der Waals surface area contributed by atoms with Gasteiger partial charge in [0.2, 0.25) is 0 Å². The number of hydrogen-bond acceptors (Lipinski definition) is 6. The van der Waals surface area contributed by atoms with Gasteiger partial charge in [0.15, 0.2) is 5.76 Å². The number of nitrogens with one attached hydrogen (secondary N) is 1. The van der Waals surface area contributed by atoms with E-state index in [0.29, 0.717) is 5.92 Å².